The summed E-state index contributed by atoms with van der Waals surface area (Å²) in [5, 5.41) is 2.51. The van der Waals surface area contributed by atoms with Crippen molar-refractivity contribution in [3.63, 3.8) is 0 Å². The van der Waals surface area contributed by atoms with Crippen LogP contribution in [0.4, 0.5) is 11.4 Å². The van der Waals surface area contributed by atoms with Crippen LogP contribution in [0.5, 0.6) is 0 Å². The number of fused-ring (bicyclic) bond motifs is 1. The molecule has 1 aromatic heterocycles. The van der Waals surface area contributed by atoms with Crippen LogP contribution in [0.3, 0.4) is 0 Å². The molecule has 0 aliphatic carbocycles. The number of para-hydroxylation sites is 2. The molecule has 3 aromatic carbocycles. The van der Waals surface area contributed by atoms with E-state index in [9.17, 15) is 22.8 Å². The smallest absolute Gasteiger partial charge is 0.338 e. The summed E-state index contributed by atoms with van der Waals surface area (Å²) >= 11 is 6.27. The Kier molecular flexibility index (Phi) is 7.50. The summed E-state index contributed by atoms with van der Waals surface area (Å²) in [6.45, 7) is 3.28. The Hall–Kier alpha value is -4.35. The van der Waals surface area contributed by atoms with Gasteiger partial charge in [0.1, 0.15) is 10.6 Å². The van der Waals surface area contributed by atoms with E-state index >= 15 is 0 Å². The first kappa shape index (κ1) is 28.2. The summed E-state index contributed by atoms with van der Waals surface area (Å²) in [6.07, 6.45) is -0.744. The highest BCUT2D eigenvalue weighted by molar-refractivity contribution is 7.93. The number of benzene rings is 3. The second-order valence-corrected chi connectivity index (χ2v) is 11.8. The molecule has 2 heterocycles. The van der Waals surface area contributed by atoms with Crippen molar-refractivity contribution in [2.75, 3.05) is 16.2 Å². The molecule has 1 N–H and O–H groups in total. The van der Waals surface area contributed by atoms with Crippen LogP contribution in [0.25, 0.3) is 5.69 Å². The number of amides is 1. The van der Waals surface area contributed by atoms with Crippen LogP contribution in [-0.2, 0) is 33.0 Å². The number of carbonyl (C=O) groups excluding carboxylic acids is 2. The van der Waals surface area contributed by atoms with Crippen molar-refractivity contribution in [3.05, 3.63) is 105 Å². The molecule has 1 unspecified atom stereocenters. The predicted octanol–water partition coefficient (Wildman–Crippen LogP) is 4.07. The van der Waals surface area contributed by atoms with Gasteiger partial charge in [0.25, 0.3) is 21.5 Å². The quantitative estimate of drug-likeness (QED) is 0.322. The zero-order valence-corrected chi connectivity index (χ0v) is 24.1. The molecule has 0 saturated heterocycles. The van der Waals surface area contributed by atoms with Crippen LogP contribution in [0.15, 0.2) is 82.5 Å². The van der Waals surface area contributed by atoms with E-state index in [1.807, 2.05) is 18.2 Å². The Balaban J connectivity index is 1.34. The number of anilines is 2. The lowest BCUT2D eigenvalue weighted by Crippen LogP contribution is -2.32. The van der Waals surface area contributed by atoms with Gasteiger partial charge in [-0.15, -0.1) is 0 Å². The van der Waals surface area contributed by atoms with Crippen molar-refractivity contribution in [2.24, 2.45) is 7.05 Å². The number of rotatable bonds is 7. The zero-order chi connectivity index (χ0) is 29.5. The van der Waals surface area contributed by atoms with Crippen molar-refractivity contribution >= 4 is 44.9 Å². The number of nitrogens with zero attached hydrogens (tertiary/aromatic N) is 3. The highest BCUT2D eigenvalue weighted by atomic mass is 35.5. The Morgan fingerprint density at radius 3 is 2.44 bits per heavy atom. The molecule has 5 rings (SSSR count). The number of sulfonamides is 1. The fraction of sp³-hybridized carbons (Fsp3) is 0.207. The molecule has 0 bridgehead atoms. The molecule has 0 spiro atoms. The first-order chi connectivity index (χ1) is 19.5. The van der Waals surface area contributed by atoms with Crippen LogP contribution < -0.4 is 15.2 Å². The standard InChI is InChI=1S/C29H27ClN4O6S/c1-18-26(28(36)34(32(18)3)22-10-5-4-6-11-22)31-27(35)19(2)40-29(37)21-13-14-23(30)25(17-21)41(38,39)33-16-15-20-9-7-8-12-24(20)33/h4-14,17,19H,15-16H2,1-3H3,(H,31,35). The molecule has 212 valence electrons. The van der Waals surface area contributed by atoms with Gasteiger partial charge in [-0.1, -0.05) is 48.0 Å². The molecule has 1 amide bonds. The minimum Gasteiger partial charge on any atom is -0.449 e. The number of aromatic nitrogens is 2. The number of hydrogen-bond acceptors (Lipinski definition) is 6. The third-order valence-corrected chi connectivity index (χ3v) is 9.33. The van der Waals surface area contributed by atoms with E-state index in [4.69, 9.17) is 16.3 Å². The number of ether oxygens (including phenoxy) is 1. The molecule has 0 saturated carbocycles. The fourth-order valence-electron chi connectivity index (χ4n) is 4.72. The van der Waals surface area contributed by atoms with Crippen molar-refractivity contribution in [1.29, 1.82) is 0 Å². The van der Waals surface area contributed by atoms with Crippen LogP contribution in [0.1, 0.15) is 28.5 Å². The van der Waals surface area contributed by atoms with E-state index in [0.29, 0.717) is 23.5 Å². The molecule has 0 fully saturated rings. The molecule has 4 aromatic rings. The van der Waals surface area contributed by atoms with Gasteiger partial charge in [-0.3, -0.25) is 18.6 Å². The number of halogens is 1. The average molecular weight is 595 g/mol. The fourth-order valence-corrected chi connectivity index (χ4v) is 6.73. The third-order valence-electron chi connectivity index (χ3n) is 7.03. The maximum atomic E-state index is 13.5. The predicted molar refractivity (Wildman–Crippen MR) is 155 cm³/mol. The molecular formula is C29H27ClN4O6S. The van der Waals surface area contributed by atoms with Crippen molar-refractivity contribution in [2.45, 2.75) is 31.3 Å². The maximum absolute atomic E-state index is 13.5. The number of nitrogens with one attached hydrogen (secondary N) is 1. The van der Waals surface area contributed by atoms with Crippen molar-refractivity contribution in [3.8, 4) is 5.69 Å². The van der Waals surface area contributed by atoms with E-state index in [0.717, 1.165) is 11.6 Å². The van der Waals surface area contributed by atoms with Gasteiger partial charge in [-0.05, 0) is 62.2 Å². The molecule has 1 aliphatic heterocycles. The largest absolute Gasteiger partial charge is 0.449 e. The molecule has 1 atom stereocenters. The number of hydrogen-bond donors (Lipinski definition) is 1. The molecular weight excluding hydrogens is 568 g/mol. The van der Waals surface area contributed by atoms with E-state index in [1.165, 1.54) is 28.0 Å². The van der Waals surface area contributed by atoms with Crippen molar-refractivity contribution in [1.82, 2.24) is 9.36 Å². The van der Waals surface area contributed by atoms with Gasteiger partial charge >= 0.3 is 5.97 Å². The second kappa shape index (κ2) is 10.9. The molecule has 10 nitrogen and oxygen atoms in total. The summed E-state index contributed by atoms with van der Waals surface area (Å²) < 4.78 is 36.7. The lowest BCUT2D eigenvalue weighted by Gasteiger charge is -2.21. The van der Waals surface area contributed by atoms with Crippen molar-refractivity contribution < 1.29 is 22.7 Å². The van der Waals surface area contributed by atoms with Gasteiger partial charge < -0.3 is 10.1 Å². The van der Waals surface area contributed by atoms with Gasteiger partial charge in [0.15, 0.2) is 6.10 Å². The minimum atomic E-state index is -4.08. The van der Waals surface area contributed by atoms with E-state index < -0.39 is 33.6 Å². The third kappa shape index (κ3) is 5.14. The summed E-state index contributed by atoms with van der Waals surface area (Å²) in [5.41, 5.74) is 2.09. The van der Waals surface area contributed by atoms with Gasteiger partial charge in [-0.2, -0.15) is 0 Å². The Labute approximate surface area is 241 Å². The molecule has 1 aliphatic rings. The summed E-state index contributed by atoms with van der Waals surface area (Å²) in [4.78, 5) is 38.8. The number of esters is 1. The second-order valence-electron chi connectivity index (χ2n) is 9.57. The SMILES string of the molecule is Cc1c(NC(=O)C(C)OC(=O)c2ccc(Cl)c(S(=O)(=O)N3CCc4ccccc43)c2)c(=O)n(-c2ccccc2)n1C. The summed E-state index contributed by atoms with van der Waals surface area (Å²) in [6, 6.07) is 19.9. The van der Waals surface area contributed by atoms with Gasteiger partial charge in [0.05, 0.1) is 27.7 Å². The highest BCUT2D eigenvalue weighted by Crippen LogP contribution is 2.35. The average Bonchev–Trinajstić information content (AvgIpc) is 3.49. The minimum absolute atomic E-state index is 0.0500. The first-order valence-electron chi connectivity index (χ1n) is 12.8. The molecule has 41 heavy (non-hydrogen) atoms. The monoisotopic (exact) mass is 594 g/mol. The molecule has 0 radical (unpaired) electrons. The summed E-state index contributed by atoms with van der Waals surface area (Å²) in [5.74, 6) is -1.64. The van der Waals surface area contributed by atoms with Crippen LogP contribution >= 0.6 is 11.6 Å². The van der Waals surface area contributed by atoms with Gasteiger partial charge in [0, 0.05) is 13.6 Å². The normalized spacial score (nSPS) is 13.5. The zero-order valence-electron chi connectivity index (χ0n) is 22.5. The molecule has 12 heteroatoms. The Morgan fingerprint density at radius 2 is 1.71 bits per heavy atom. The first-order valence-corrected chi connectivity index (χ1v) is 14.6. The lowest BCUT2D eigenvalue weighted by atomic mass is 10.2. The van der Waals surface area contributed by atoms with Gasteiger partial charge in [-0.25, -0.2) is 17.9 Å². The lowest BCUT2D eigenvalue weighted by molar-refractivity contribution is -0.123. The number of carbonyl (C=O) groups is 2. The van der Waals surface area contributed by atoms with Crippen LogP contribution in [0, 0.1) is 6.92 Å². The van der Waals surface area contributed by atoms with Crippen LogP contribution in [0.2, 0.25) is 5.02 Å². The maximum Gasteiger partial charge on any atom is 0.338 e. The van der Waals surface area contributed by atoms with E-state index in [-0.39, 0.29) is 27.7 Å². The topological polar surface area (TPSA) is 120 Å². The van der Waals surface area contributed by atoms with E-state index in [2.05, 4.69) is 5.32 Å². The van der Waals surface area contributed by atoms with Crippen LogP contribution in [-0.4, -0.2) is 42.3 Å². The Bertz CT molecular complexity index is 1830. The highest BCUT2D eigenvalue weighted by Gasteiger charge is 2.33. The van der Waals surface area contributed by atoms with E-state index in [1.54, 1.807) is 55.1 Å². The summed E-state index contributed by atoms with van der Waals surface area (Å²) in [7, 11) is -2.39. The van der Waals surface area contributed by atoms with Gasteiger partial charge in [0.2, 0.25) is 0 Å². The Morgan fingerprint density at radius 1 is 1.02 bits per heavy atom.